The summed E-state index contributed by atoms with van der Waals surface area (Å²) in [6.45, 7) is 2.06. The maximum atomic E-state index is 6.27. The summed E-state index contributed by atoms with van der Waals surface area (Å²) in [7, 11) is 0. The molecule has 3 rings (SSSR count). The second-order valence-corrected chi connectivity index (χ2v) is 4.83. The van der Waals surface area contributed by atoms with E-state index < -0.39 is 0 Å². The second kappa shape index (κ2) is 6.94. The van der Waals surface area contributed by atoms with Crippen LogP contribution >= 0.6 is 24.8 Å². The van der Waals surface area contributed by atoms with Crippen molar-refractivity contribution in [3.05, 3.63) is 48.0 Å². The van der Waals surface area contributed by atoms with Gasteiger partial charge in [-0.25, -0.2) is 4.98 Å². The molecule has 0 aliphatic heterocycles. The Kier molecular flexibility index (Phi) is 5.78. The molecular formula is C16H19Cl2N3. The summed E-state index contributed by atoms with van der Waals surface area (Å²) in [6.07, 6.45) is 0.872. The minimum Gasteiger partial charge on any atom is -0.398 e. The summed E-state index contributed by atoms with van der Waals surface area (Å²) >= 11 is 0. The zero-order chi connectivity index (χ0) is 13.4. The Balaban J connectivity index is 0.00000110. The number of nitrogens with zero attached hydrogens (tertiary/aromatic N) is 1. The van der Waals surface area contributed by atoms with Gasteiger partial charge in [0, 0.05) is 22.5 Å². The van der Waals surface area contributed by atoms with Crippen molar-refractivity contribution in [1.82, 2.24) is 4.98 Å². The number of hydrogen-bond acceptors (Lipinski definition) is 3. The van der Waals surface area contributed by atoms with E-state index in [0.717, 1.165) is 39.5 Å². The van der Waals surface area contributed by atoms with Crippen LogP contribution in [0.3, 0.4) is 0 Å². The SMILES string of the molecule is CCC(N)c1ccc2nc3ccccc3cc2c1N.Cl.Cl. The number of hydrogen-bond donors (Lipinski definition) is 2. The Hall–Kier alpha value is -1.55. The van der Waals surface area contributed by atoms with Crippen LogP contribution in [0.5, 0.6) is 0 Å². The number of nitrogens with two attached hydrogens (primary N) is 2. The Morgan fingerprint density at radius 2 is 1.76 bits per heavy atom. The molecule has 1 atom stereocenters. The smallest absolute Gasteiger partial charge is 0.0730 e. The van der Waals surface area contributed by atoms with Crippen LogP contribution in [0.4, 0.5) is 5.69 Å². The monoisotopic (exact) mass is 323 g/mol. The number of anilines is 1. The van der Waals surface area contributed by atoms with Crippen molar-refractivity contribution in [3.8, 4) is 0 Å². The topological polar surface area (TPSA) is 64.9 Å². The summed E-state index contributed by atoms with van der Waals surface area (Å²) in [5.41, 5.74) is 16.0. The van der Waals surface area contributed by atoms with Gasteiger partial charge in [0.05, 0.1) is 11.0 Å². The van der Waals surface area contributed by atoms with E-state index in [9.17, 15) is 0 Å². The van der Waals surface area contributed by atoms with Gasteiger partial charge < -0.3 is 11.5 Å². The molecular weight excluding hydrogens is 305 g/mol. The highest BCUT2D eigenvalue weighted by atomic mass is 35.5. The number of nitrogen functional groups attached to an aromatic ring is 1. The van der Waals surface area contributed by atoms with Gasteiger partial charge in [-0.3, -0.25) is 0 Å². The first-order chi connectivity index (χ1) is 9.20. The van der Waals surface area contributed by atoms with Crippen LogP contribution in [0.15, 0.2) is 42.5 Å². The fourth-order valence-corrected chi connectivity index (χ4v) is 2.43. The van der Waals surface area contributed by atoms with Crippen LogP contribution in [-0.4, -0.2) is 4.98 Å². The number of halogens is 2. The van der Waals surface area contributed by atoms with Gasteiger partial charge in [-0.1, -0.05) is 31.2 Å². The molecule has 4 N–H and O–H groups in total. The third-order valence-electron chi connectivity index (χ3n) is 3.61. The number of benzene rings is 2. The van der Waals surface area contributed by atoms with Crippen LogP contribution < -0.4 is 11.5 Å². The molecule has 0 bridgehead atoms. The van der Waals surface area contributed by atoms with Gasteiger partial charge in [0.1, 0.15) is 0 Å². The lowest BCUT2D eigenvalue weighted by molar-refractivity contribution is 0.701. The lowest BCUT2D eigenvalue weighted by atomic mass is 9.99. The number of fused-ring (bicyclic) bond motifs is 2. The molecule has 1 unspecified atom stereocenters. The van der Waals surface area contributed by atoms with Gasteiger partial charge in [-0.05, 0) is 30.2 Å². The zero-order valence-corrected chi connectivity index (χ0v) is 13.4. The Morgan fingerprint density at radius 3 is 2.48 bits per heavy atom. The maximum absolute atomic E-state index is 6.27. The standard InChI is InChI=1S/C16H17N3.2ClH/c1-2-13(17)11-7-8-15-12(16(11)18)9-10-5-3-4-6-14(10)19-15;;/h3-9,13H,2,17-18H2,1H3;2*1H. The number of para-hydroxylation sites is 1. The highest BCUT2D eigenvalue weighted by Crippen LogP contribution is 2.30. The van der Waals surface area contributed by atoms with Crippen molar-refractivity contribution in [3.63, 3.8) is 0 Å². The second-order valence-electron chi connectivity index (χ2n) is 4.83. The van der Waals surface area contributed by atoms with Gasteiger partial charge in [0.25, 0.3) is 0 Å². The minimum atomic E-state index is -0.0177. The molecule has 0 saturated carbocycles. The number of aromatic nitrogens is 1. The number of rotatable bonds is 2. The molecule has 0 fully saturated rings. The molecule has 3 nitrogen and oxygen atoms in total. The quantitative estimate of drug-likeness (QED) is 0.548. The van der Waals surface area contributed by atoms with E-state index in [4.69, 9.17) is 11.5 Å². The molecule has 112 valence electrons. The lowest BCUT2D eigenvalue weighted by Gasteiger charge is -2.14. The molecule has 1 heterocycles. The fourth-order valence-electron chi connectivity index (χ4n) is 2.43. The van der Waals surface area contributed by atoms with Crippen LogP contribution in [0.25, 0.3) is 21.8 Å². The van der Waals surface area contributed by atoms with E-state index in [-0.39, 0.29) is 30.9 Å². The molecule has 2 aromatic carbocycles. The van der Waals surface area contributed by atoms with E-state index in [2.05, 4.69) is 18.0 Å². The molecule has 21 heavy (non-hydrogen) atoms. The van der Waals surface area contributed by atoms with Crippen LogP contribution in [-0.2, 0) is 0 Å². The normalized spacial score (nSPS) is 11.7. The maximum Gasteiger partial charge on any atom is 0.0730 e. The zero-order valence-electron chi connectivity index (χ0n) is 11.7. The van der Waals surface area contributed by atoms with Gasteiger partial charge in [0.2, 0.25) is 0 Å². The lowest BCUT2D eigenvalue weighted by Crippen LogP contribution is -2.11. The Labute approximate surface area is 136 Å². The van der Waals surface area contributed by atoms with Gasteiger partial charge in [-0.2, -0.15) is 0 Å². The molecule has 0 aliphatic carbocycles. The average Bonchev–Trinajstić information content (AvgIpc) is 2.45. The highest BCUT2D eigenvalue weighted by molar-refractivity contribution is 5.99. The van der Waals surface area contributed by atoms with E-state index in [1.807, 2.05) is 36.4 Å². The molecule has 0 amide bonds. The van der Waals surface area contributed by atoms with Crippen molar-refractivity contribution in [2.75, 3.05) is 5.73 Å². The first-order valence-corrected chi connectivity index (χ1v) is 6.54. The van der Waals surface area contributed by atoms with Crippen molar-refractivity contribution >= 4 is 52.3 Å². The van der Waals surface area contributed by atoms with Crippen LogP contribution in [0, 0.1) is 0 Å². The molecule has 1 aromatic heterocycles. The first-order valence-electron chi connectivity index (χ1n) is 6.54. The van der Waals surface area contributed by atoms with Crippen molar-refractivity contribution < 1.29 is 0 Å². The minimum absolute atomic E-state index is 0. The summed E-state index contributed by atoms with van der Waals surface area (Å²) in [6, 6.07) is 14.1. The predicted octanol–water partition coefficient (Wildman–Crippen LogP) is 4.22. The highest BCUT2D eigenvalue weighted by Gasteiger charge is 2.11. The molecule has 5 heteroatoms. The van der Waals surface area contributed by atoms with E-state index in [1.165, 1.54) is 0 Å². The van der Waals surface area contributed by atoms with Crippen molar-refractivity contribution in [1.29, 1.82) is 0 Å². The fraction of sp³-hybridized carbons (Fsp3) is 0.188. The van der Waals surface area contributed by atoms with Crippen molar-refractivity contribution in [2.24, 2.45) is 5.73 Å². The van der Waals surface area contributed by atoms with Crippen LogP contribution in [0.1, 0.15) is 24.9 Å². The Bertz CT molecular complexity index is 759. The summed E-state index contributed by atoms with van der Waals surface area (Å²) in [5, 5.41) is 2.09. The molecule has 3 aromatic rings. The van der Waals surface area contributed by atoms with Gasteiger partial charge in [0.15, 0.2) is 0 Å². The summed E-state index contributed by atoms with van der Waals surface area (Å²) in [4.78, 5) is 4.64. The number of pyridine rings is 1. The molecule has 0 aliphatic rings. The average molecular weight is 324 g/mol. The molecule has 0 saturated heterocycles. The van der Waals surface area contributed by atoms with E-state index in [0.29, 0.717) is 0 Å². The Morgan fingerprint density at radius 1 is 1.05 bits per heavy atom. The summed E-state index contributed by atoms with van der Waals surface area (Å²) in [5.74, 6) is 0. The third kappa shape index (κ3) is 3.05. The van der Waals surface area contributed by atoms with Crippen LogP contribution in [0.2, 0.25) is 0 Å². The van der Waals surface area contributed by atoms with Crippen molar-refractivity contribution in [2.45, 2.75) is 19.4 Å². The van der Waals surface area contributed by atoms with Gasteiger partial charge in [-0.15, -0.1) is 24.8 Å². The first kappa shape index (κ1) is 17.5. The third-order valence-corrected chi connectivity index (χ3v) is 3.61. The summed E-state index contributed by atoms with van der Waals surface area (Å²) < 4.78 is 0. The predicted molar refractivity (Wildman–Crippen MR) is 95.4 cm³/mol. The molecule has 0 radical (unpaired) electrons. The van der Waals surface area contributed by atoms with Gasteiger partial charge >= 0.3 is 0 Å². The van der Waals surface area contributed by atoms with E-state index in [1.54, 1.807) is 0 Å². The largest absolute Gasteiger partial charge is 0.398 e. The molecule has 0 spiro atoms. The van der Waals surface area contributed by atoms with E-state index >= 15 is 0 Å².